The van der Waals surface area contributed by atoms with E-state index in [-0.39, 0.29) is 54.5 Å². The molecule has 0 aromatic rings. The average Bonchev–Trinajstić information content (AvgIpc) is 0.722. The van der Waals surface area contributed by atoms with Gasteiger partial charge in [0, 0.05) is 10.4 Å². The Bertz CT molecular complexity index is 99.2. The van der Waals surface area contributed by atoms with Gasteiger partial charge in [0.2, 0.25) is 0 Å². The van der Waals surface area contributed by atoms with E-state index in [9.17, 15) is 0 Å². The van der Waals surface area contributed by atoms with E-state index in [1.807, 2.05) is 0 Å². The van der Waals surface area contributed by atoms with Crippen LogP contribution in [-0.4, -0.2) is 25.9 Å². The second-order valence-electron chi connectivity index (χ2n) is 0.408. The molecule has 0 saturated heterocycles. The first-order valence-corrected chi connectivity index (χ1v) is 2.00. The molecular weight excluding hydrogens is 189 g/mol. The predicted molar refractivity (Wildman–Crippen MR) is 21.8 cm³/mol. The third-order valence-electron chi connectivity index (χ3n) is 0. The van der Waals surface area contributed by atoms with Crippen LogP contribution in [0.1, 0.15) is 0 Å². The fourth-order valence-electron chi connectivity index (χ4n) is 0. The van der Waals surface area contributed by atoms with Gasteiger partial charge in [0.1, 0.15) is 0 Å². The van der Waals surface area contributed by atoms with Gasteiger partial charge in [0.15, 0.2) is 0 Å². The summed E-state index contributed by atoms with van der Waals surface area (Å²) in [6.45, 7) is 0. The van der Waals surface area contributed by atoms with Gasteiger partial charge in [-0.1, -0.05) is 8.41 Å². The Balaban J connectivity index is -0.0000000267. The minimum atomic E-state index is -5.17. The van der Waals surface area contributed by atoms with E-state index < -0.39 is 10.4 Å². The molecule has 0 unspecified atom stereocenters. The van der Waals surface area contributed by atoms with Crippen LogP contribution in [0.2, 0.25) is 0 Å². The monoisotopic (exact) mass is 192 g/mol. The summed E-state index contributed by atoms with van der Waals surface area (Å²) in [6.07, 6.45) is 0. The van der Waals surface area contributed by atoms with Gasteiger partial charge in [-0.15, -0.1) is 0 Å². The molecule has 0 fully saturated rings. The molecule has 0 aromatic heterocycles. The Morgan fingerprint density at radius 2 is 1.12 bits per heavy atom. The van der Waals surface area contributed by atoms with Gasteiger partial charge in [0.25, 0.3) is 0 Å². The van der Waals surface area contributed by atoms with Crippen molar-refractivity contribution in [2.45, 2.75) is 0 Å². The van der Waals surface area contributed by atoms with Crippen molar-refractivity contribution in [1.82, 2.24) is 0 Å². The van der Waals surface area contributed by atoms with Gasteiger partial charge in [-0.2, -0.15) is 0 Å². The molecule has 8 heteroatoms. The average molecular weight is 193 g/mol. The molecule has 48 valence electrons. The van der Waals surface area contributed by atoms with Crippen molar-refractivity contribution in [2.75, 3.05) is 0 Å². The van der Waals surface area contributed by atoms with Crippen molar-refractivity contribution in [1.29, 1.82) is 0 Å². The van der Waals surface area contributed by atoms with Gasteiger partial charge in [-0.3, -0.25) is 8.42 Å². The molecule has 0 saturated carbocycles. The minimum Gasteiger partial charge on any atom is -0.759 e. The number of hydrogen-bond acceptors (Lipinski definition) is 4. The molecule has 0 amide bonds. The van der Waals surface area contributed by atoms with Crippen LogP contribution in [0.15, 0.2) is 0 Å². The van der Waals surface area contributed by atoms with Crippen molar-refractivity contribution in [3.05, 3.63) is 0 Å². The molecule has 4 nitrogen and oxygen atoms in total. The molecule has 0 heterocycles. The van der Waals surface area contributed by atoms with Crippen molar-refractivity contribution in [2.24, 2.45) is 0 Å². The van der Waals surface area contributed by atoms with Crippen LogP contribution in [0.5, 0.6) is 0 Å². The molecule has 0 radical (unpaired) electrons. The van der Waals surface area contributed by atoms with E-state index >= 15 is 0 Å². The Morgan fingerprint density at radius 1 is 1.12 bits per heavy atom. The van der Waals surface area contributed by atoms with Crippen LogP contribution < -0.4 is 29.6 Å². The molecule has 0 aromatic carbocycles. The largest absolute Gasteiger partial charge is 2.00 e. The van der Waals surface area contributed by atoms with Gasteiger partial charge in [-0.25, -0.2) is 0 Å². The van der Waals surface area contributed by atoms with E-state index in [0.29, 0.717) is 0 Å². The second-order valence-corrected chi connectivity index (χ2v) is 1.22. The van der Waals surface area contributed by atoms with Crippen molar-refractivity contribution in [3.8, 4) is 0 Å². The van der Waals surface area contributed by atoms with Gasteiger partial charge < -0.3 is 9.11 Å². The van der Waals surface area contributed by atoms with Crippen molar-refractivity contribution in [3.63, 3.8) is 0 Å². The molecular formula is H4BNaNiO4S. The van der Waals surface area contributed by atoms with E-state index in [1.165, 1.54) is 0 Å². The number of hydrogen-bond donors (Lipinski definition) is 0. The van der Waals surface area contributed by atoms with Crippen LogP contribution in [0.4, 0.5) is 0 Å². The Labute approximate surface area is 81.8 Å². The first-order chi connectivity index (χ1) is 2.00. The van der Waals surface area contributed by atoms with Crippen LogP contribution in [0, 0.1) is 0 Å². The van der Waals surface area contributed by atoms with Crippen molar-refractivity contribution < 1.29 is 63.6 Å². The topological polar surface area (TPSA) is 80.3 Å². The maximum atomic E-state index is 8.52. The van der Waals surface area contributed by atoms with Crippen molar-refractivity contribution >= 4 is 18.8 Å². The quantitative estimate of drug-likeness (QED) is 0.218. The molecule has 0 aliphatic rings. The Morgan fingerprint density at radius 3 is 1.12 bits per heavy atom. The van der Waals surface area contributed by atoms with Crippen LogP contribution >= 0.6 is 0 Å². The molecule has 0 rings (SSSR count). The zero-order chi connectivity index (χ0) is 4.50. The summed E-state index contributed by atoms with van der Waals surface area (Å²) >= 11 is 0. The number of rotatable bonds is 0. The summed E-state index contributed by atoms with van der Waals surface area (Å²) < 4.78 is 34.1. The summed E-state index contributed by atoms with van der Waals surface area (Å²) in [4.78, 5) is 0. The summed E-state index contributed by atoms with van der Waals surface area (Å²) in [5.41, 5.74) is 0. The fourth-order valence-corrected chi connectivity index (χ4v) is 0. The Kier molecular flexibility index (Phi) is 23.9. The third-order valence-corrected chi connectivity index (χ3v) is 0. The minimum absolute atomic E-state index is 0. The molecule has 0 atom stereocenters. The van der Waals surface area contributed by atoms with Gasteiger partial charge in [0.05, 0.1) is 0 Å². The smallest absolute Gasteiger partial charge is 0.759 e. The first-order valence-electron chi connectivity index (χ1n) is 0.667. The summed E-state index contributed by atoms with van der Waals surface area (Å²) in [5, 5.41) is 0. The van der Waals surface area contributed by atoms with E-state index in [4.69, 9.17) is 17.5 Å². The molecule has 0 aliphatic heterocycles. The molecule has 0 bridgehead atoms. The fraction of sp³-hybridized carbons (Fsp3) is 0. The summed E-state index contributed by atoms with van der Waals surface area (Å²) in [5.74, 6) is 0. The SMILES string of the molecule is O=S(=O)([O-])[O-].[BH4-].[Na+].[Ni+2]. The molecule has 8 heavy (non-hydrogen) atoms. The third kappa shape index (κ3) is 150. The predicted octanol–water partition coefficient (Wildman–Crippen LogP) is -5.79. The summed E-state index contributed by atoms with van der Waals surface area (Å²) in [7, 11) is -5.17. The van der Waals surface area contributed by atoms with Crippen LogP contribution in [0.25, 0.3) is 0 Å². The normalized spacial score (nSPS) is 7.25. The molecule has 0 N–H and O–H groups in total. The van der Waals surface area contributed by atoms with E-state index in [1.54, 1.807) is 0 Å². The molecule has 0 spiro atoms. The van der Waals surface area contributed by atoms with Gasteiger partial charge in [-0.05, 0) is 0 Å². The Hall–Kier alpha value is 1.43. The van der Waals surface area contributed by atoms with Crippen LogP contribution in [-0.2, 0) is 26.9 Å². The zero-order valence-corrected chi connectivity index (χ0v) is 7.16. The van der Waals surface area contributed by atoms with E-state index in [0.717, 1.165) is 0 Å². The summed E-state index contributed by atoms with van der Waals surface area (Å²) in [6, 6.07) is 0. The second kappa shape index (κ2) is 8.43. The maximum Gasteiger partial charge on any atom is 2.00 e. The van der Waals surface area contributed by atoms with Crippen LogP contribution in [0.3, 0.4) is 0 Å². The first kappa shape index (κ1) is 22.7. The zero-order valence-electron chi connectivity index (χ0n) is 3.36. The maximum absolute atomic E-state index is 8.52. The standard InChI is InChI=1S/BH4.Na.Ni.H2O4S/c;;;1-5(2,3)4/h1H4;;;(H2,1,2,3,4)/q-1;+1;+2;/p-2. The van der Waals surface area contributed by atoms with Gasteiger partial charge >= 0.3 is 46.0 Å². The van der Waals surface area contributed by atoms with E-state index in [2.05, 4.69) is 0 Å². The molecule has 0 aliphatic carbocycles.